The normalized spacial score (nSPS) is 10.5. The largest absolute Gasteiger partial charge is 0.476 e. The molecule has 1 rings (SSSR count). The first-order chi connectivity index (χ1) is 6.74. The molecular weight excluding hydrogens is 330 g/mol. The lowest BCUT2D eigenvalue weighted by Crippen LogP contribution is -1.97. The number of rotatable bonds is 6. The molecule has 0 aliphatic rings. The van der Waals surface area contributed by atoms with Crippen molar-refractivity contribution in [2.75, 3.05) is 6.61 Å². The molecule has 2 nitrogen and oxygen atoms in total. The van der Waals surface area contributed by atoms with E-state index in [1.54, 1.807) is 0 Å². The average Bonchev–Trinajstić information content (AvgIpc) is 2.45. The Labute approximate surface area is 105 Å². The van der Waals surface area contributed by atoms with Crippen molar-refractivity contribution in [3.05, 3.63) is 7.70 Å². The van der Waals surface area contributed by atoms with E-state index >= 15 is 0 Å². The molecule has 0 N–H and O–H groups in total. The number of aromatic nitrogens is 1. The summed E-state index contributed by atoms with van der Waals surface area (Å²) in [6.45, 7) is 2.96. The maximum absolute atomic E-state index is 5.53. The predicted molar refractivity (Wildman–Crippen MR) is 67.2 cm³/mol. The van der Waals surface area contributed by atoms with Crippen molar-refractivity contribution in [3.63, 3.8) is 0 Å². The summed E-state index contributed by atoms with van der Waals surface area (Å²) in [6.07, 6.45) is 4.88. The molecule has 0 fully saturated rings. The molecule has 0 saturated heterocycles. The fraction of sp³-hybridized carbons (Fsp3) is 0.667. The Hall–Kier alpha value is 0.390. The van der Waals surface area contributed by atoms with E-state index in [0.29, 0.717) is 5.88 Å². The first-order valence-corrected chi connectivity index (χ1v) is 7.09. The Morgan fingerprint density at radius 2 is 2.07 bits per heavy atom. The highest BCUT2D eigenvalue weighted by Crippen LogP contribution is 2.33. The highest BCUT2D eigenvalue weighted by molar-refractivity contribution is 9.12. The molecule has 80 valence electrons. The van der Waals surface area contributed by atoms with Crippen molar-refractivity contribution in [1.82, 2.24) is 4.98 Å². The fourth-order valence-corrected chi connectivity index (χ4v) is 3.48. The van der Waals surface area contributed by atoms with Gasteiger partial charge in [-0.2, -0.15) is 4.98 Å². The molecule has 0 saturated carbocycles. The topological polar surface area (TPSA) is 22.1 Å². The Kier molecular flexibility index (Phi) is 6.05. The summed E-state index contributed by atoms with van der Waals surface area (Å²) in [6, 6.07) is 0. The highest BCUT2D eigenvalue weighted by Gasteiger charge is 2.07. The monoisotopic (exact) mass is 341 g/mol. The smallest absolute Gasteiger partial charge is 0.240 e. The van der Waals surface area contributed by atoms with Crippen LogP contribution in [0, 0.1) is 0 Å². The predicted octanol–water partition coefficient (Wildman–Crippen LogP) is 4.63. The van der Waals surface area contributed by atoms with Gasteiger partial charge in [0, 0.05) is 0 Å². The van der Waals surface area contributed by atoms with Crippen LogP contribution in [0.1, 0.15) is 32.6 Å². The quantitative estimate of drug-likeness (QED) is 0.703. The lowest BCUT2D eigenvalue weighted by Gasteiger charge is -2.02. The van der Waals surface area contributed by atoms with Crippen LogP contribution in [0.5, 0.6) is 5.88 Å². The first kappa shape index (κ1) is 12.5. The average molecular weight is 343 g/mol. The van der Waals surface area contributed by atoms with Crippen molar-refractivity contribution in [2.45, 2.75) is 32.6 Å². The Bertz CT molecular complexity index is 278. The van der Waals surface area contributed by atoms with Gasteiger partial charge in [-0.05, 0) is 38.3 Å². The molecule has 0 amide bonds. The summed E-state index contributed by atoms with van der Waals surface area (Å²) in [4.78, 5) is 4.19. The molecule has 0 spiro atoms. The first-order valence-electron chi connectivity index (χ1n) is 4.68. The minimum Gasteiger partial charge on any atom is -0.476 e. The van der Waals surface area contributed by atoms with E-state index in [1.807, 2.05) is 0 Å². The van der Waals surface area contributed by atoms with Crippen LogP contribution < -0.4 is 4.74 Å². The summed E-state index contributed by atoms with van der Waals surface area (Å²) in [5.41, 5.74) is 0. The number of thiazole rings is 1. The van der Waals surface area contributed by atoms with Crippen LogP contribution in [0.2, 0.25) is 0 Å². The zero-order chi connectivity index (χ0) is 10.4. The molecule has 1 heterocycles. The van der Waals surface area contributed by atoms with Gasteiger partial charge in [-0.1, -0.05) is 37.5 Å². The minimum atomic E-state index is 0.707. The van der Waals surface area contributed by atoms with Gasteiger partial charge in [-0.25, -0.2) is 0 Å². The molecule has 0 bridgehead atoms. The summed E-state index contributed by atoms with van der Waals surface area (Å²) < 4.78 is 7.34. The standard InChI is InChI=1S/C9H13Br2NOS/c1-2-3-4-5-6-13-8-7(10)14-9(11)12-8/h2-6H2,1H3. The van der Waals surface area contributed by atoms with Crippen LogP contribution in [0.3, 0.4) is 0 Å². The van der Waals surface area contributed by atoms with E-state index in [9.17, 15) is 0 Å². The van der Waals surface area contributed by atoms with Gasteiger partial charge in [-0.3, -0.25) is 0 Å². The van der Waals surface area contributed by atoms with Gasteiger partial charge in [0.15, 0.2) is 3.92 Å². The third kappa shape index (κ3) is 4.28. The summed E-state index contributed by atoms with van der Waals surface area (Å²) >= 11 is 8.25. The molecule has 0 unspecified atom stereocenters. The molecule has 1 aromatic rings. The zero-order valence-corrected chi connectivity index (χ0v) is 12.0. The van der Waals surface area contributed by atoms with Crippen LogP contribution in [0.25, 0.3) is 0 Å². The molecular formula is C9H13Br2NOS. The number of halogens is 2. The SMILES string of the molecule is CCCCCCOc1nc(Br)sc1Br. The zero-order valence-electron chi connectivity index (χ0n) is 8.06. The summed E-state index contributed by atoms with van der Waals surface area (Å²) in [5, 5.41) is 0. The van der Waals surface area contributed by atoms with Crippen LogP contribution in [-0.2, 0) is 0 Å². The third-order valence-corrected chi connectivity index (χ3v) is 3.87. The molecule has 0 aliphatic heterocycles. The third-order valence-electron chi connectivity index (χ3n) is 1.77. The number of nitrogens with zero attached hydrogens (tertiary/aromatic N) is 1. The second-order valence-electron chi connectivity index (χ2n) is 2.95. The van der Waals surface area contributed by atoms with E-state index < -0.39 is 0 Å². The van der Waals surface area contributed by atoms with Crippen molar-refractivity contribution >= 4 is 43.2 Å². The summed E-state index contributed by atoms with van der Waals surface area (Å²) in [5.74, 6) is 0.707. The van der Waals surface area contributed by atoms with Gasteiger partial charge in [0.2, 0.25) is 5.88 Å². The van der Waals surface area contributed by atoms with Crippen LogP contribution in [-0.4, -0.2) is 11.6 Å². The molecule has 0 radical (unpaired) electrons. The highest BCUT2D eigenvalue weighted by atomic mass is 79.9. The minimum absolute atomic E-state index is 0.707. The molecule has 5 heteroatoms. The fourth-order valence-electron chi connectivity index (χ4n) is 1.05. The molecule has 14 heavy (non-hydrogen) atoms. The van der Waals surface area contributed by atoms with Gasteiger partial charge in [0.25, 0.3) is 0 Å². The van der Waals surface area contributed by atoms with E-state index in [2.05, 4.69) is 43.8 Å². The van der Waals surface area contributed by atoms with E-state index in [4.69, 9.17) is 4.74 Å². The number of hydrogen-bond donors (Lipinski definition) is 0. The number of unbranched alkanes of at least 4 members (excludes halogenated alkanes) is 3. The second-order valence-corrected chi connectivity index (χ2v) is 6.55. The number of hydrogen-bond acceptors (Lipinski definition) is 3. The van der Waals surface area contributed by atoms with Gasteiger partial charge in [0.05, 0.1) is 6.61 Å². The van der Waals surface area contributed by atoms with Gasteiger partial charge in [0.1, 0.15) is 3.79 Å². The van der Waals surface area contributed by atoms with Crippen molar-refractivity contribution in [2.24, 2.45) is 0 Å². The van der Waals surface area contributed by atoms with Gasteiger partial charge < -0.3 is 4.74 Å². The lowest BCUT2D eigenvalue weighted by atomic mass is 10.2. The number of ether oxygens (including phenoxy) is 1. The molecule has 0 atom stereocenters. The van der Waals surface area contributed by atoms with Crippen LogP contribution in [0.15, 0.2) is 7.70 Å². The van der Waals surface area contributed by atoms with Crippen molar-refractivity contribution < 1.29 is 4.74 Å². The van der Waals surface area contributed by atoms with Crippen LogP contribution >= 0.6 is 43.2 Å². The van der Waals surface area contributed by atoms with Gasteiger partial charge in [-0.15, -0.1) is 0 Å². The molecule has 0 aromatic carbocycles. The Morgan fingerprint density at radius 1 is 1.29 bits per heavy atom. The van der Waals surface area contributed by atoms with Gasteiger partial charge >= 0.3 is 0 Å². The maximum Gasteiger partial charge on any atom is 0.240 e. The lowest BCUT2D eigenvalue weighted by molar-refractivity contribution is 0.293. The molecule has 1 aromatic heterocycles. The Balaban J connectivity index is 2.21. The van der Waals surface area contributed by atoms with Crippen molar-refractivity contribution in [1.29, 1.82) is 0 Å². The van der Waals surface area contributed by atoms with E-state index in [-0.39, 0.29) is 0 Å². The Morgan fingerprint density at radius 3 is 2.64 bits per heavy atom. The second kappa shape index (κ2) is 6.80. The van der Waals surface area contributed by atoms with Crippen LogP contribution in [0.4, 0.5) is 0 Å². The molecule has 0 aliphatic carbocycles. The van der Waals surface area contributed by atoms with E-state index in [0.717, 1.165) is 20.7 Å². The van der Waals surface area contributed by atoms with E-state index in [1.165, 1.54) is 30.6 Å². The summed E-state index contributed by atoms with van der Waals surface area (Å²) in [7, 11) is 0. The maximum atomic E-state index is 5.53. The van der Waals surface area contributed by atoms with Crippen molar-refractivity contribution in [3.8, 4) is 5.88 Å².